The molecule has 0 saturated heterocycles. The van der Waals surface area contributed by atoms with Gasteiger partial charge in [0.05, 0.1) is 12.0 Å². The lowest BCUT2D eigenvalue weighted by atomic mass is 10.3. The second kappa shape index (κ2) is 5.90. The molecule has 8 heteroatoms. The molecule has 6 nitrogen and oxygen atoms in total. The number of fused-ring (bicyclic) bond motifs is 1. The summed E-state index contributed by atoms with van der Waals surface area (Å²) in [6, 6.07) is 10.0. The second-order valence-electron chi connectivity index (χ2n) is 5.27. The maximum Gasteiger partial charge on any atom is 0.273 e. The van der Waals surface area contributed by atoms with E-state index >= 15 is 0 Å². The predicted octanol–water partition coefficient (Wildman–Crippen LogP) is 3.14. The topological polar surface area (TPSA) is 72.5 Å². The predicted molar refractivity (Wildman–Crippen MR) is 84.2 cm³/mol. The monoisotopic (exact) mass is 343 g/mol. The Kier molecular flexibility index (Phi) is 3.57. The number of hydrogen-bond donors (Lipinski definition) is 1. The Labute approximate surface area is 139 Å². The van der Waals surface area contributed by atoms with Crippen LogP contribution in [0.3, 0.4) is 0 Å². The highest BCUT2D eigenvalue weighted by Crippen LogP contribution is 2.21. The van der Waals surface area contributed by atoms with Crippen LogP contribution < -0.4 is 10.3 Å². The number of benzene rings is 1. The Balaban J connectivity index is 1.64. The first-order chi connectivity index (χ1) is 12.1. The fraction of sp³-hybridized carbons (Fsp3) is 0.0588. The lowest BCUT2D eigenvalue weighted by molar-refractivity contribution is 0.280. The number of furan rings is 1. The van der Waals surface area contributed by atoms with Crippen molar-refractivity contribution in [1.82, 2.24) is 14.6 Å². The average molecular weight is 343 g/mol. The molecule has 1 N–H and O–H groups in total. The number of aromatic nitrogens is 3. The third kappa shape index (κ3) is 2.78. The summed E-state index contributed by atoms with van der Waals surface area (Å²) in [5.41, 5.74) is 0.876. The zero-order valence-corrected chi connectivity index (χ0v) is 12.7. The van der Waals surface area contributed by atoms with Crippen molar-refractivity contribution in [2.45, 2.75) is 6.61 Å². The maximum absolute atomic E-state index is 13.6. The van der Waals surface area contributed by atoms with Crippen LogP contribution in [-0.4, -0.2) is 14.6 Å². The summed E-state index contributed by atoms with van der Waals surface area (Å²) >= 11 is 0. The van der Waals surface area contributed by atoms with E-state index in [0.29, 0.717) is 22.8 Å². The van der Waals surface area contributed by atoms with Gasteiger partial charge < -0.3 is 9.15 Å². The van der Waals surface area contributed by atoms with Crippen molar-refractivity contribution in [3.63, 3.8) is 0 Å². The number of halogens is 2. The fourth-order valence-electron chi connectivity index (χ4n) is 2.42. The van der Waals surface area contributed by atoms with E-state index in [0.717, 1.165) is 6.07 Å². The van der Waals surface area contributed by atoms with Gasteiger partial charge in [-0.05, 0) is 24.3 Å². The van der Waals surface area contributed by atoms with Crippen molar-refractivity contribution in [1.29, 1.82) is 0 Å². The highest BCUT2D eigenvalue weighted by molar-refractivity contribution is 5.58. The van der Waals surface area contributed by atoms with E-state index in [1.165, 1.54) is 29.0 Å². The number of ether oxygens (including phenoxy) is 1. The Hall–Kier alpha value is -3.42. The quantitative estimate of drug-likeness (QED) is 0.618. The molecule has 0 aliphatic rings. The van der Waals surface area contributed by atoms with E-state index < -0.39 is 11.6 Å². The first kappa shape index (κ1) is 15.1. The Morgan fingerprint density at radius 1 is 1.20 bits per heavy atom. The summed E-state index contributed by atoms with van der Waals surface area (Å²) in [4.78, 5) is 16.5. The molecule has 0 spiro atoms. The van der Waals surface area contributed by atoms with Crippen LogP contribution in [0.25, 0.3) is 17.1 Å². The fourth-order valence-corrected chi connectivity index (χ4v) is 2.42. The molecule has 25 heavy (non-hydrogen) atoms. The standard InChI is InChI=1S/C17H11F2N3O3/c18-11-3-1-4-14(17(11)19)25-9-10-7-16(23)22-15(20-10)8-12(21-22)13-5-2-6-24-13/h1-8,21H,9H2. The number of nitrogens with zero attached hydrogens (tertiary/aromatic N) is 2. The largest absolute Gasteiger partial charge is 0.484 e. The van der Waals surface area contributed by atoms with Gasteiger partial charge in [-0.2, -0.15) is 4.39 Å². The van der Waals surface area contributed by atoms with Gasteiger partial charge >= 0.3 is 0 Å². The number of H-pyrrole nitrogens is 1. The lowest BCUT2D eigenvalue weighted by Crippen LogP contribution is -2.16. The number of nitrogens with one attached hydrogen (secondary N) is 1. The molecular weight excluding hydrogens is 332 g/mol. The lowest BCUT2D eigenvalue weighted by Gasteiger charge is -2.07. The molecule has 0 bridgehead atoms. The maximum atomic E-state index is 13.6. The molecule has 3 aromatic heterocycles. The van der Waals surface area contributed by atoms with Crippen molar-refractivity contribution < 1.29 is 17.9 Å². The van der Waals surface area contributed by atoms with Gasteiger partial charge in [-0.3, -0.25) is 9.89 Å². The van der Waals surface area contributed by atoms with Crippen LogP contribution in [0.4, 0.5) is 8.78 Å². The van der Waals surface area contributed by atoms with Crippen LogP contribution in [0.1, 0.15) is 5.69 Å². The van der Waals surface area contributed by atoms with Crippen molar-refractivity contribution in [2.24, 2.45) is 0 Å². The molecule has 0 saturated carbocycles. The molecule has 0 aliphatic carbocycles. The first-order valence-corrected chi connectivity index (χ1v) is 7.34. The van der Waals surface area contributed by atoms with E-state index in [-0.39, 0.29) is 17.9 Å². The molecule has 126 valence electrons. The van der Waals surface area contributed by atoms with Crippen LogP contribution in [-0.2, 0) is 6.61 Å². The van der Waals surface area contributed by atoms with E-state index in [2.05, 4.69) is 10.1 Å². The van der Waals surface area contributed by atoms with Gasteiger partial charge in [0.2, 0.25) is 5.82 Å². The van der Waals surface area contributed by atoms with Crippen LogP contribution in [0.2, 0.25) is 0 Å². The summed E-state index contributed by atoms with van der Waals surface area (Å²) in [5, 5.41) is 2.88. The third-order valence-electron chi connectivity index (χ3n) is 3.58. The minimum atomic E-state index is -1.08. The van der Waals surface area contributed by atoms with Crippen molar-refractivity contribution >= 4 is 5.65 Å². The van der Waals surface area contributed by atoms with E-state index in [1.54, 1.807) is 18.2 Å². The zero-order chi connectivity index (χ0) is 17.4. The summed E-state index contributed by atoms with van der Waals surface area (Å²) < 4.78 is 38.5. The third-order valence-corrected chi connectivity index (χ3v) is 3.58. The zero-order valence-electron chi connectivity index (χ0n) is 12.7. The Morgan fingerprint density at radius 2 is 2.08 bits per heavy atom. The van der Waals surface area contributed by atoms with Crippen LogP contribution in [0.5, 0.6) is 5.75 Å². The Bertz CT molecular complexity index is 1100. The second-order valence-corrected chi connectivity index (χ2v) is 5.27. The van der Waals surface area contributed by atoms with Gasteiger partial charge in [-0.1, -0.05) is 6.07 Å². The van der Waals surface area contributed by atoms with Crippen LogP contribution in [0, 0.1) is 11.6 Å². The molecule has 0 amide bonds. The van der Waals surface area contributed by atoms with Crippen molar-refractivity contribution in [2.75, 3.05) is 0 Å². The molecule has 3 heterocycles. The molecular formula is C17H11F2N3O3. The van der Waals surface area contributed by atoms with Gasteiger partial charge in [0.15, 0.2) is 23.0 Å². The summed E-state index contributed by atoms with van der Waals surface area (Å²) in [6.07, 6.45) is 1.52. The molecule has 1 aromatic carbocycles. The molecule has 4 rings (SSSR count). The molecule has 0 atom stereocenters. The van der Waals surface area contributed by atoms with Gasteiger partial charge in [0.1, 0.15) is 12.3 Å². The number of hydrogen-bond acceptors (Lipinski definition) is 4. The van der Waals surface area contributed by atoms with Gasteiger partial charge in [0.25, 0.3) is 5.56 Å². The average Bonchev–Trinajstić information content (AvgIpc) is 3.25. The van der Waals surface area contributed by atoms with Crippen LogP contribution in [0.15, 0.2) is 57.9 Å². The summed E-state index contributed by atoms with van der Waals surface area (Å²) in [5.74, 6) is -1.77. The highest BCUT2D eigenvalue weighted by atomic mass is 19.2. The smallest absolute Gasteiger partial charge is 0.273 e. The van der Waals surface area contributed by atoms with Crippen molar-refractivity contribution in [3.8, 4) is 17.2 Å². The minimum Gasteiger partial charge on any atom is -0.484 e. The number of rotatable bonds is 4. The van der Waals surface area contributed by atoms with Crippen LogP contribution >= 0.6 is 0 Å². The Morgan fingerprint density at radius 3 is 2.88 bits per heavy atom. The minimum absolute atomic E-state index is 0.173. The van der Waals surface area contributed by atoms with Gasteiger partial charge in [-0.15, -0.1) is 0 Å². The van der Waals surface area contributed by atoms with E-state index in [1.807, 2.05) is 0 Å². The SMILES string of the molecule is O=c1cc(COc2cccc(F)c2F)nc2cc(-c3ccco3)[nH]n12. The molecule has 0 radical (unpaired) electrons. The van der Waals surface area contributed by atoms with E-state index in [4.69, 9.17) is 9.15 Å². The van der Waals surface area contributed by atoms with Crippen molar-refractivity contribution in [3.05, 3.63) is 76.4 Å². The highest BCUT2D eigenvalue weighted by Gasteiger charge is 2.12. The molecule has 4 aromatic rings. The molecule has 0 unspecified atom stereocenters. The molecule has 0 aliphatic heterocycles. The van der Waals surface area contributed by atoms with Gasteiger partial charge in [0, 0.05) is 12.1 Å². The molecule has 0 fully saturated rings. The number of aromatic amines is 1. The first-order valence-electron chi connectivity index (χ1n) is 7.34. The normalized spacial score (nSPS) is 11.1. The summed E-state index contributed by atoms with van der Waals surface area (Å²) in [6.45, 7) is -0.173. The summed E-state index contributed by atoms with van der Waals surface area (Å²) in [7, 11) is 0. The van der Waals surface area contributed by atoms with E-state index in [9.17, 15) is 13.6 Å². The van der Waals surface area contributed by atoms with Gasteiger partial charge in [-0.25, -0.2) is 13.9 Å².